The first-order valence-electron chi connectivity index (χ1n) is 5.82. The van der Waals surface area contributed by atoms with E-state index < -0.39 is 0 Å². The standard InChI is InChI=1S/C13H16BrN3O/c1-3-15-7-11-8-16-9-17(11)10-4-5-12(14)13(6-10)18-2/h4-6,8-9,15H,3,7H2,1-2H3. The summed E-state index contributed by atoms with van der Waals surface area (Å²) in [5.74, 6) is 0.815. The van der Waals surface area contributed by atoms with Crippen LogP contribution >= 0.6 is 15.9 Å². The Hall–Kier alpha value is -1.33. The van der Waals surface area contributed by atoms with Crippen LogP contribution in [0.2, 0.25) is 0 Å². The summed E-state index contributed by atoms with van der Waals surface area (Å²) in [5.41, 5.74) is 2.17. The summed E-state index contributed by atoms with van der Waals surface area (Å²) >= 11 is 3.45. The molecule has 0 amide bonds. The number of halogens is 1. The van der Waals surface area contributed by atoms with Crippen LogP contribution in [-0.4, -0.2) is 23.2 Å². The van der Waals surface area contributed by atoms with Crippen LogP contribution in [0.15, 0.2) is 35.2 Å². The molecule has 0 aliphatic rings. The summed E-state index contributed by atoms with van der Waals surface area (Å²) in [6, 6.07) is 6.00. The van der Waals surface area contributed by atoms with E-state index in [4.69, 9.17) is 4.74 Å². The molecule has 0 atom stereocenters. The Morgan fingerprint density at radius 3 is 3.00 bits per heavy atom. The van der Waals surface area contributed by atoms with Gasteiger partial charge in [-0.2, -0.15) is 0 Å². The highest BCUT2D eigenvalue weighted by molar-refractivity contribution is 9.10. The molecule has 2 rings (SSSR count). The summed E-state index contributed by atoms with van der Waals surface area (Å²) in [5, 5.41) is 3.30. The highest BCUT2D eigenvalue weighted by atomic mass is 79.9. The number of imidazole rings is 1. The Morgan fingerprint density at radius 2 is 2.28 bits per heavy atom. The van der Waals surface area contributed by atoms with Gasteiger partial charge in [0.2, 0.25) is 0 Å². The Bertz CT molecular complexity index is 525. The van der Waals surface area contributed by atoms with Gasteiger partial charge in [-0.05, 0) is 34.6 Å². The van der Waals surface area contributed by atoms with Gasteiger partial charge < -0.3 is 14.6 Å². The molecule has 0 saturated heterocycles. The highest BCUT2D eigenvalue weighted by Gasteiger charge is 2.07. The van der Waals surface area contributed by atoms with E-state index in [1.165, 1.54) is 0 Å². The van der Waals surface area contributed by atoms with Gasteiger partial charge >= 0.3 is 0 Å². The number of hydrogen-bond donors (Lipinski definition) is 1. The van der Waals surface area contributed by atoms with E-state index in [1.54, 1.807) is 7.11 Å². The summed E-state index contributed by atoms with van der Waals surface area (Å²) in [6.45, 7) is 3.83. The lowest BCUT2D eigenvalue weighted by Gasteiger charge is -2.11. The fourth-order valence-electron chi connectivity index (χ4n) is 1.74. The Labute approximate surface area is 115 Å². The van der Waals surface area contributed by atoms with Crippen LogP contribution < -0.4 is 10.1 Å². The smallest absolute Gasteiger partial charge is 0.135 e. The molecule has 18 heavy (non-hydrogen) atoms. The van der Waals surface area contributed by atoms with Crippen molar-refractivity contribution in [1.82, 2.24) is 14.9 Å². The number of benzene rings is 1. The first kappa shape index (κ1) is 13.1. The fourth-order valence-corrected chi connectivity index (χ4v) is 2.15. The van der Waals surface area contributed by atoms with Crippen molar-refractivity contribution in [2.75, 3.05) is 13.7 Å². The maximum absolute atomic E-state index is 5.31. The molecule has 96 valence electrons. The minimum atomic E-state index is 0.800. The van der Waals surface area contributed by atoms with Gasteiger partial charge in [0.1, 0.15) is 5.75 Å². The number of aromatic nitrogens is 2. The molecule has 1 N–H and O–H groups in total. The Kier molecular flexibility index (Phi) is 4.38. The normalized spacial score (nSPS) is 10.6. The number of ether oxygens (including phenoxy) is 1. The topological polar surface area (TPSA) is 39.1 Å². The highest BCUT2D eigenvalue weighted by Crippen LogP contribution is 2.27. The van der Waals surface area contributed by atoms with Crippen molar-refractivity contribution in [3.05, 3.63) is 40.9 Å². The van der Waals surface area contributed by atoms with E-state index in [0.717, 1.165) is 34.7 Å². The minimum absolute atomic E-state index is 0.800. The van der Waals surface area contributed by atoms with E-state index in [1.807, 2.05) is 30.7 Å². The van der Waals surface area contributed by atoms with Gasteiger partial charge in [0.15, 0.2) is 0 Å². The van der Waals surface area contributed by atoms with Crippen LogP contribution in [-0.2, 0) is 6.54 Å². The largest absolute Gasteiger partial charge is 0.495 e. The van der Waals surface area contributed by atoms with Gasteiger partial charge in [-0.25, -0.2) is 4.98 Å². The van der Waals surface area contributed by atoms with Gasteiger partial charge in [-0.3, -0.25) is 0 Å². The van der Waals surface area contributed by atoms with Crippen LogP contribution in [0.1, 0.15) is 12.6 Å². The molecule has 1 aromatic carbocycles. The maximum atomic E-state index is 5.31. The summed E-state index contributed by atoms with van der Waals surface area (Å²) in [6.07, 6.45) is 3.69. The zero-order valence-corrected chi connectivity index (χ0v) is 12.1. The first-order valence-corrected chi connectivity index (χ1v) is 6.61. The molecular weight excluding hydrogens is 294 g/mol. The predicted molar refractivity (Wildman–Crippen MR) is 75.2 cm³/mol. The lowest BCUT2D eigenvalue weighted by Crippen LogP contribution is -2.14. The second-order valence-corrected chi connectivity index (χ2v) is 4.71. The molecule has 4 nitrogen and oxygen atoms in total. The van der Waals surface area contributed by atoms with Crippen molar-refractivity contribution in [3.63, 3.8) is 0 Å². The molecule has 0 bridgehead atoms. The first-order chi connectivity index (χ1) is 8.76. The predicted octanol–water partition coefficient (Wildman–Crippen LogP) is 2.75. The van der Waals surface area contributed by atoms with Crippen molar-refractivity contribution in [2.45, 2.75) is 13.5 Å². The molecule has 0 unspecified atom stereocenters. The minimum Gasteiger partial charge on any atom is -0.495 e. The average molecular weight is 310 g/mol. The molecule has 1 aromatic heterocycles. The van der Waals surface area contributed by atoms with Gasteiger partial charge in [-0.1, -0.05) is 6.92 Å². The number of rotatable bonds is 5. The summed E-state index contributed by atoms with van der Waals surface area (Å²) in [7, 11) is 1.66. The van der Waals surface area contributed by atoms with E-state index >= 15 is 0 Å². The van der Waals surface area contributed by atoms with E-state index in [9.17, 15) is 0 Å². The molecule has 1 heterocycles. The fraction of sp³-hybridized carbons (Fsp3) is 0.308. The molecule has 0 aliphatic heterocycles. The summed E-state index contributed by atoms with van der Waals surface area (Å²) < 4.78 is 8.31. The molecular formula is C13H16BrN3O. The Balaban J connectivity index is 2.33. The van der Waals surface area contributed by atoms with Gasteiger partial charge in [0.05, 0.1) is 29.3 Å². The second-order valence-electron chi connectivity index (χ2n) is 3.85. The van der Waals surface area contributed by atoms with Gasteiger partial charge in [0, 0.05) is 18.8 Å². The molecule has 2 aromatic rings. The number of nitrogens with zero attached hydrogens (tertiary/aromatic N) is 2. The lowest BCUT2D eigenvalue weighted by atomic mass is 10.3. The van der Waals surface area contributed by atoms with Crippen LogP contribution in [0.4, 0.5) is 0 Å². The van der Waals surface area contributed by atoms with Crippen LogP contribution in [0.3, 0.4) is 0 Å². The number of hydrogen-bond acceptors (Lipinski definition) is 3. The number of nitrogens with one attached hydrogen (secondary N) is 1. The molecule has 0 saturated carbocycles. The van der Waals surface area contributed by atoms with E-state index in [-0.39, 0.29) is 0 Å². The van der Waals surface area contributed by atoms with Crippen molar-refractivity contribution in [2.24, 2.45) is 0 Å². The third-order valence-electron chi connectivity index (χ3n) is 2.68. The number of methoxy groups -OCH3 is 1. The van der Waals surface area contributed by atoms with Gasteiger partial charge in [0.25, 0.3) is 0 Å². The Morgan fingerprint density at radius 1 is 1.44 bits per heavy atom. The maximum Gasteiger partial charge on any atom is 0.135 e. The van der Waals surface area contributed by atoms with Crippen LogP contribution in [0.5, 0.6) is 5.75 Å². The monoisotopic (exact) mass is 309 g/mol. The molecule has 0 spiro atoms. The van der Waals surface area contributed by atoms with Crippen molar-refractivity contribution in [1.29, 1.82) is 0 Å². The van der Waals surface area contributed by atoms with Crippen molar-refractivity contribution < 1.29 is 4.74 Å². The van der Waals surface area contributed by atoms with E-state index in [0.29, 0.717) is 0 Å². The van der Waals surface area contributed by atoms with Gasteiger partial charge in [-0.15, -0.1) is 0 Å². The zero-order chi connectivity index (χ0) is 13.0. The molecule has 0 aliphatic carbocycles. The summed E-state index contributed by atoms with van der Waals surface area (Å²) in [4.78, 5) is 4.20. The van der Waals surface area contributed by atoms with Crippen LogP contribution in [0, 0.1) is 0 Å². The second kappa shape index (κ2) is 6.02. The van der Waals surface area contributed by atoms with E-state index in [2.05, 4.69) is 37.7 Å². The molecule has 5 heteroatoms. The van der Waals surface area contributed by atoms with Crippen LogP contribution in [0.25, 0.3) is 5.69 Å². The lowest BCUT2D eigenvalue weighted by molar-refractivity contribution is 0.412. The van der Waals surface area contributed by atoms with Crippen molar-refractivity contribution >= 4 is 15.9 Å². The van der Waals surface area contributed by atoms with Crippen molar-refractivity contribution in [3.8, 4) is 11.4 Å². The zero-order valence-electron chi connectivity index (χ0n) is 10.5. The quantitative estimate of drug-likeness (QED) is 0.923. The average Bonchev–Trinajstić information content (AvgIpc) is 2.85. The third kappa shape index (κ3) is 2.73. The molecule has 0 radical (unpaired) electrons. The third-order valence-corrected chi connectivity index (χ3v) is 3.34. The molecule has 0 fully saturated rings. The SMILES string of the molecule is CCNCc1cncn1-c1ccc(Br)c(OC)c1.